The van der Waals surface area contributed by atoms with E-state index in [4.69, 9.17) is 9.47 Å². The number of aliphatic hydroxyl groups is 5. The summed E-state index contributed by atoms with van der Waals surface area (Å²) in [5.74, 6) is -0.169. The Morgan fingerprint density at radius 3 is 1.13 bits per heavy atom. The first kappa shape index (κ1) is 65.9. The van der Waals surface area contributed by atoms with Gasteiger partial charge in [0.05, 0.1) is 25.4 Å². The van der Waals surface area contributed by atoms with Gasteiger partial charge < -0.3 is 40.3 Å². The average molecular weight is 981 g/mol. The van der Waals surface area contributed by atoms with E-state index < -0.39 is 49.5 Å². The zero-order valence-corrected chi connectivity index (χ0v) is 45.6. The molecule has 1 aliphatic heterocycles. The van der Waals surface area contributed by atoms with E-state index in [0.717, 1.165) is 38.5 Å². The predicted octanol–water partition coefficient (Wildman–Crippen LogP) is 15.2. The Kier molecular flexibility index (Phi) is 48.2. The molecule has 0 radical (unpaired) electrons. The number of unbranched alkanes of at least 4 members (excludes halogenated alkanes) is 43. The molecule has 410 valence electrons. The van der Waals surface area contributed by atoms with Crippen molar-refractivity contribution in [2.24, 2.45) is 0 Å². The van der Waals surface area contributed by atoms with Crippen LogP contribution in [0.5, 0.6) is 0 Å². The third kappa shape index (κ3) is 40.1. The molecule has 1 heterocycles. The van der Waals surface area contributed by atoms with Crippen molar-refractivity contribution in [2.45, 2.75) is 352 Å². The van der Waals surface area contributed by atoms with Crippen molar-refractivity contribution in [3.63, 3.8) is 0 Å². The lowest BCUT2D eigenvalue weighted by Gasteiger charge is -2.40. The fourth-order valence-corrected chi connectivity index (χ4v) is 10.0. The maximum Gasteiger partial charge on any atom is 0.220 e. The molecule has 1 amide bonds. The van der Waals surface area contributed by atoms with Gasteiger partial charge in [-0.15, -0.1) is 0 Å². The molecule has 9 heteroatoms. The largest absolute Gasteiger partial charge is 0.394 e. The summed E-state index contributed by atoms with van der Waals surface area (Å²) in [6, 6.07) is -0.800. The molecule has 1 fully saturated rings. The molecule has 9 nitrogen and oxygen atoms in total. The summed E-state index contributed by atoms with van der Waals surface area (Å²) in [6.07, 6.45) is 55.7. The van der Waals surface area contributed by atoms with Crippen molar-refractivity contribution in [3.05, 3.63) is 12.2 Å². The monoisotopic (exact) mass is 980 g/mol. The summed E-state index contributed by atoms with van der Waals surface area (Å²) in [4.78, 5) is 13.1. The first-order valence-corrected chi connectivity index (χ1v) is 30.4. The summed E-state index contributed by atoms with van der Waals surface area (Å²) in [5, 5.41) is 54.5. The Balaban J connectivity index is 2.16. The third-order valence-electron chi connectivity index (χ3n) is 14.9. The van der Waals surface area contributed by atoms with E-state index in [1.807, 2.05) is 6.08 Å². The standard InChI is InChI=1S/C60H117NO8/c1-3-5-7-9-11-13-15-17-19-21-23-24-25-26-27-28-29-30-31-32-34-36-38-40-42-44-46-48-50-56(64)61-53(52-68-60-59(67)58(66)57(65)55(51-62)69-60)54(63)49-47-45-43-41-39-37-35-33-22-20-18-16-14-12-10-8-6-4-2/h47,49,53-55,57-60,62-63,65-67H,3-46,48,50-52H2,1-2H3,(H,61,64)/b49-47+. The number of ether oxygens (including phenoxy) is 2. The fraction of sp³-hybridized carbons (Fsp3) is 0.950. The number of aliphatic hydroxyl groups excluding tert-OH is 5. The van der Waals surface area contributed by atoms with Gasteiger partial charge in [0.15, 0.2) is 6.29 Å². The van der Waals surface area contributed by atoms with Crippen LogP contribution in [0.3, 0.4) is 0 Å². The molecule has 7 atom stereocenters. The molecular formula is C60H117NO8. The molecule has 1 aliphatic rings. The second-order valence-electron chi connectivity index (χ2n) is 21.5. The van der Waals surface area contributed by atoms with Gasteiger partial charge in [0, 0.05) is 6.42 Å². The number of allylic oxidation sites excluding steroid dienone is 1. The van der Waals surface area contributed by atoms with Crippen molar-refractivity contribution >= 4 is 5.91 Å². The van der Waals surface area contributed by atoms with Crippen molar-refractivity contribution < 1.29 is 39.8 Å². The Morgan fingerprint density at radius 1 is 0.478 bits per heavy atom. The van der Waals surface area contributed by atoms with Crippen LogP contribution in [0.25, 0.3) is 0 Å². The van der Waals surface area contributed by atoms with Gasteiger partial charge in [0.25, 0.3) is 0 Å². The van der Waals surface area contributed by atoms with Crippen LogP contribution in [0, 0.1) is 0 Å². The molecule has 6 N–H and O–H groups in total. The summed E-state index contributed by atoms with van der Waals surface area (Å²) < 4.78 is 11.3. The van der Waals surface area contributed by atoms with E-state index >= 15 is 0 Å². The highest BCUT2D eigenvalue weighted by Crippen LogP contribution is 2.23. The maximum absolute atomic E-state index is 13.1. The lowest BCUT2D eigenvalue weighted by molar-refractivity contribution is -0.302. The average Bonchev–Trinajstić information content (AvgIpc) is 3.35. The quantitative estimate of drug-likeness (QED) is 0.0261. The number of amides is 1. The van der Waals surface area contributed by atoms with Crippen molar-refractivity contribution in [1.82, 2.24) is 5.32 Å². The van der Waals surface area contributed by atoms with Gasteiger partial charge in [-0.25, -0.2) is 0 Å². The van der Waals surface area contributed by atoms with Crippen molar-refractivity contribution in [3.8, 4) is 0 Å². The van der Waals surface area contributed by atoms with Gasteiger partial charge >= 0.3 is 0 Å². The lowest BCUT2D eigenvalue weighted by Crippen LogP contribution is -2.60. The van der Waals surface area contributed by atoms with Crippen LogP contribution in [0.1, 0.15) is 309 Å². The van der Waals surface area contributed by atoms with Gasteiger partial charge in [-0.3, -0.25) is 4.79 Å². The fourth-order valence-electron chi connectivity index (χ4n) is 10.0. The molecule has 1 saturated heterocycles. The molecule has 0 aliphatic carbocycles. The number of hydrogen-bond acceptors (Lipinski definition) is 8. The minimum atomic E-state index is -1.56. The SMILES string of the molecule is CCCCCCCCCCCCCCCCCC/C=C/C(O)C(COC1OC(CO)C(O)C(O)C1O)NC(=O)CCCCCCCCCCCCCCCCCCCCCCCCCCCCCC. The first-order chi connectivity index (χ1) is 33.8. The number of nitrogens with one attached hydrogen (secondary N) is 1. The predicted molar refractivity (Wildman–Crippen MR) is 291 cm³/mol. The maximum atomic E-state index is 13.1. The molecular weight excluding hydrogens is 863 g/mol. The summed E-state index contributed by atoms with van der Waals surface area (Å²) >= 11 is 0. The molecule has 0 aromatic heterocycles. The van der Waals surface area contributed by atoms with E-state index in [0.29, 0.717) is 6.42 Å². The zero-order valence-electron chi connectivity index (χ0n) is 45.6. The van der Waals surface area contributed by atoms with Crippen molar-refractivity contribution in [1.29, 1.82) is 0 Å². The molecule has 0 saturated carbocycles. The van der Waals surface area contributed by atoms with E-state index in [2.05, 4.69) is 19.2 Å². The highest BCUT2D eigenvalue weighted by Gasteiger charge is 2.44. The normalized spacial score (nSPS) is 19.4. The smallest absolute Gasteiger partial charge is 0.220 e. The lowest BCUT2D eigenvalue weighted by atomic mass is 9.99. The Labute approximate surface area is 426 Å². The van der Waals surface area contributed by atoms with E-state index in [1.54, 1.807) is 6.08 Å². The van der Waals surface area contributed by atoms with Crippen LogP contribution in [0.15, 0.2) is 12.2 Å². The number of hydrogen-bond donors (Lipinski definition) is 6. The van der Waals surface area contributed by atoms with Crippen LogP contribution in [-0.2, 0) is 14.3 Å². The van der Waals surface area contributed by atoms with Crippen LogP contribution < -0.4 is 5.32 Å². The number of rotatable bonds is 53. The second kappa shape index (κ2) is 50.5. The molecule has 69 heavy (non-hydrogen) atoms. The van der Waals surface area contributed by atoms with Gasteiger partial charge in [-0.05, 0) is 19.3 Å². The molecule has 0 bridgehead atoms. The number of carbonyl (C=O) groups excluding carboxylic acids is 1. The summed E-state index contributed by atoms with van der Waals surface area (Å²) in [5.41, 5.74) is 0. The van der Waals surface area contributed by atoms with Crippen LogP contribution in [-0.4, -0.2) is 87.5 Å². The minimum Gasteiger partial charge on any atom is -0.394 e. The summed E-state index contributed by atoms with van der Waals surface area (Å²) in [7, 11) is 0. The topological polar surface area (TPSA) is 149 Å². The van der Waals surface area contributed by atoms with Crippen LogP contribution in [0.2, 0.25) is 0 Å². The first-order valence-electron chi connectivity index (χ1n) is 30.4. The van der Waals surface area contributed by atoms with Gasteiger partial charge in [0.2, 0.25) is 5.91 Å². The van der Waals surface area contributed by atoms with E-state index in [-0.39, 0.29) is 12.5 Å². The molecule has 0 aromatic rings. The number of carbonyl (C=O) groups is 1. The second-order valence-corrected chi connectivity index (χ2v) is 21.5. The summed E-state index contributed by atoms with van der Waals surface area (Å²) in [6.45, 7) is 3.83. The highest BCUT2D eigenvalue weighted by atomic mass is 16.7. The van der Waals surface area contributed by atoms with Crippen molar-refractivity contribution in [2.75, 3.05) is 13.2 Å². The third-order valence-corrected chi connectivity index (χ3v) is 14.9. The molecule has 1 rings (SSSR count). The Hall–Kier alpha value is -1.07. The zero-order chi connectivity index (χ0) is 50.1. The minimum absolute atomic E-state index is 0.169. The Morgan fingerprint density at radius 2 is 0.797 bits per heavy atom. The van der Waals surface area contributed by atoms with Gasteiger partial charge in [-0.1, -0.05) is 296 Å². The highest BCUT2D eigenvalue weighted by molar-refractivity contribution is 5.76. The van der Waals surface area contributed by atoms with E-state index in [1.165, 1.54) is 250 Å². The van der Waals surface area contributed by atoms with Gasteiger partial charge in [0.1, 0.15) is 24.4 Å². The Bertz CT molecular complexity index is 1090. The molecule has 0 spiro atoms. The van der Waals surface area contributed by atoms with Gasteiger partial charge in [-0.2, -0.15) is 0 Å². The van der Waals surface area contributed by atoms with E-state index in [9.17, 15) is 30.3 Å². The molecule has 7 unspecified atom stereocenters. The molecule has 0 aromatic carbocycles. The van der Waals surface area contributed by atoms with Crippen LogP contribution in [0.4, 0.5) is 0 Å². The van der Waals surface area contributed by atoms with Crippen LogP contribution >= 0.6 is 0 Å².